The molecule has 1 aliphatic heterocycles. The van der Waals surface area contributed by atoms with Gasteiger partial charge in [-0.15, -0.1) is 0 Å². The van der Waals surface area contributed by atoms with Crippen LogP contribution in [0.1, 0.15) is 45.4 Å². The van der Waals surface area contributed by atoms with Crippen LogP contribution in [0.3, 0.4) is 0 Å². The van der Waals surface area contributed by atoms with Crippen molar-refractivity contribution in [3.05, 3.63) is 0 Å². The van der Waals surface area contributed by atoms with E-state index < -0.39 is 0 Å². The molecule has 94 valence electrons. The molecule has 2 N–H and O–H groups in total. The quantitative estimate of drug-likeness (QED) is 0.758. The zero-order valence-electron chi connectivity index (χ0n) is 10.5. The van der Waals surface area contributed by atoms with E-state index in [9.17, 15) is 4.79 Å². The van der Waals surface area contributed by atoms with Gasteiger partial charge in [0.1, 0.15) is 11.4 Å². The molecule has 3 rings (SSSR count). The molecule has 0 aromatic rings. The Balaban J connectivity index is 1.91. The average molecular weight is 235 g/mol. The van der Waals surface area contributed by atoms with Crippen LogP contribution >= 0.6 is 0 Å². The lowest BCUT2D eigenvalue weighted by Crippen LogP contribution is -2.56. The highest BCUT2D eigenvalue weighted by Gasteiger charge is 2.54. The fraction of sp³-hybridized carbons (Fsp3) is 0.846. The SMILES string of the molecule is CC1CCCCC12C(=N)NC(=O)N2CC1CC1. The molecule has 1 saturated heterocycles. The van der Waals surface area contributed by atoms with Crippen molar-refractivity contribution in [2.45, 2.75) is 51.0 Å². The van der Waals surface area contributed by atoms with Crippen molar-refractivity contribution in [1.29, 1.82) is 5.41 Å². The predicted molar refractivity (Wildman–Crippen MR) is 66.1 cm³/mol. The molecule has 17 heavy (non-hydrogen) atoms. The first-order chi connectivity index (χ1) is 8.14. The number of carbonyl (C=O) groups excluding carboxylic acids is 1. The number of nitrogens with zero attached hydrogens (tertiary/aromatic N) is 1. The molecule has 4 nitrogen and oxygen atoms in total. The molecule has 1 heterocycles. The van der Waals surface area contributed by atoms with Crippen LogP contribution in [0.5, 0.6) is 0 Å². The number of hydrogen-bond donors (Lipinski definition) is 2. The Morgan fingerprint density at radius 1 is 1.41 bits per heavy atom. The zero-order valence-corrected chi connectivity index (χ0v) is 10.5. The third kappa shape index (κ3) is 1.57. The summed E-state index contributed by atoms with van der Waals surface area (Å²) in [5, 5.41) is 10.9. The fourth-order valence-electron chi connectivity index (χ4n) is 3.51. The van der Waals surface area contributed by atoms with Gasteiger partial charge in [0.25, 0.3) is 0 Å². The van der Waals surface area contributed by atoms with E-state index in [4.69, 9.17) is 5.41 Å². The third-order valence-corrected chi connectivity index (χ3v) is 4.79. The topological polar surface area (TPSA) is 56.2 Å². The molecule has 2 aliphatic carbocycles. The molecule has 2 unspecified atom stereocenters. The molecule has 2 amide bonds. The van der Waals surface area contributed by atoms with E-state index in [0.29, 0.717) is 17.7 Å². The van der Waals surface area contributed by atoms with Gasteiger partial charge < -0.3 is 4.90 Å². The minimum absolute atomic E-state index is 0.0318. The second-order valence-electron chi connectivity index (χ2n) is 5.93. The van der Waals surface area contributed by atoms with Gasteiger partial charge in [-0.25, -0.2) is 4.79 Å². The molecular weight excluding hydrogens is 214 g/mol. The number of urea groups is 1. The van der Waals surface area contributed by atoms with Gasteiger partial charge in [0.05, 0.1) is 0 Å². The highest BCUT2D eigenvalue weighted by molar-refractivity contribution is 6.08. The highest BCUT2D eigenvalue weighted by Crippen LogP contribution is 2.43. The largest absolute Gasteiger partial charge is 0.323 e. The molecule has 4 heteroatoms. The van der Waals surface area contributed by atoms with Gasteiger partial charge in [-0.1, -0.05) is 19.8 Å². The van der Waals surface area contributed by atoms with Crippen LogP contribution in [0.4, 0.5) is 4.79 Å². The van der Waals surface area contributed by atoms with Crippen molar-refractivity contribution in [2.24, 2.45) is 11.8 Å². The predicted octanol–water partition coefficient (Wildman–Crippen LogP) is 2.35. The van der Waals surface area contributed by atoms with Crippen LogP contribution in [0.25, 0.3) is 0 Å². The number of amides is 2. The van der Waals surface area contributed by atoms with E-state index in [1.807, 2.05) is 4.90 Å². The van der Waals surface area contributed by atoms with Gasteiger partial charge >= 0.3 is 6.03 Å². The molecule has 2 atom stereocenters. The molecule has 0 aromatic carbocycles. The van der Waals surface area contributed by atoms with Gasteiger partial charge in [0.15, 0.2) is 0 Å². The maximum Gasteiger partial charge on any atom is 0.323 e. The summed E-state index contributed by atoms with van der Waals surface area (Å²) in [5.41, 5.74) is -0.294. The van der Waals surface area contributed by atoms with E-state index in [1.165, 1.54) is 19.3 Å². The number of carbonyl (C=O) groups is 1. The smallest absolute Gasteiger partial charge is 0.311 e. The monoisotopic (exact) mass is 235 g/mol. The summed E-state index contributed by atoms with van der Waals surface area (Å²) < 4.78 is 0. The van der Waals surface area contributed by atoms with Gasteiger partial charge in [0.2, 0.25) is 0 Å². The van der Waals surface area contributed by atoms with Crippen LogP contribution in [0, 0.1) is 17.2 Å². The van der Waals surface area contributed by atoms with E-state index >= 15 is 0 Å². The van der Waals surface area contributed by atoms with Gasteiger partial charge in [-0.3, -0.25) is 10.7 Å². The van der Waals surface area contributed by atoms with Gasteiger partial charge in [-0.2, -0.15) is 0 Å². The average Bonchev–Trinajstić information content (AvgIpc) is 3.07. The van der Waals surface area contributed by atoms with Crippen molar-refractivity contribution in [3.8, 4) is 0 Å². The molecule has 2 saturated carbocycles. The third-order valence-electron chi connectivity index (χ3n) is 4.79. The number of hydrogen-bond acceptors (Lipinski definition) is 2. The van der Waals surface area contributed by atoms with Crippen LogP contribution in [-0.4, -0.2) is 28.9 Å². The Morgan fingerprint density at radius 2 is 2.18 bits per heavy atom. The zero-order chi connectivity index (χ0) is 12.0. The molecule has 0 aromatic heterocycles. The normalized spacial score (nSPS) is 37.7. The molecule has 0 bridgehead atoms. The van der Waals surface area contributed by atoms with Crippen molar-refractivity contribution in [3.63, 3.8) is 0 Å². The molecule has 3 fully saturated rings. The van der Waals surface area contributed by atoms with E-state index in [1.54, 1.807) is 0 Å². The van der Waals surface area contributed by atoms with Crippen molar-refractivity contribution in [1.82, 2.24) is 10.2 Å². The Kier molecular flexibility index (Phi) is 2.42. The summed E-state index contributed by atoms with van der Waals surface area (Å²) in [7, 11) is 0. The minimum atomic E-state index is -0.294. The summed E-state index contributed by atoms with van der Waals surface area (Å²) in [6, 6.07) is -0.0318. The summed E-state index contributed by atoms with van der Waals surface area (Å²) >= 11 is 0. The number of rotatable bonds is 2. The first kappa shape index (κ1) is 11.1. The molecular formula is C13H21N3O. The van der Waals surface area contributed by atoms with E-state index in [0.717, 1.165) is 25.8 Å². The second kappa shape index (κ2) is 3.72. The summed E-state index contributed by atoms with van der Waals surface area (Å²) in [6.07, 6.45) is 6.99. The summed E-state index contributed by atoms with van der Waals surface area (Å²) in [5.74, 6) is 1.56. The first-order valence-corrected chi connectivity index (χ1v) is 6.82. The van der Waals surface area contributed by atoms with Crippen LogP contribution in [-0.2, 0) is 0 Å². The lowest BCUT2D eigenvalue weighted by Gasteiger charge is -2.44. The van der Waals surface area contributed by atoms with Crippen LogP contribution in [0.15, 0.2) is 0 Å². The Morgan fingerprint density at radius 3 is 2.82 bits per heavy atom. The highest BCUT2D eigenvalue weighted by atomic mass is 16.2. The standard InChI is InChI=1S/C13H21N3O/c1-9-4-2-3-7-13(9)11(14)15-12(17)16(13)8-10-5-6-10/h9-10H,2-8H2,1H3,(H2,14,15,17). The summed E-state index contributed by atoms with van der Waals surface area (Å²) in [6.45, 7) is 3.06. The maximum absolute atomic E-state index is 12.0. The second-order valence-corrected chi connectivity index (χ2v) is 5.93. The van der Waals surface area contributed by atoms with Crippen molar-refractivity contribution in [2.75, 3.05) is 6.54 Å². The lowest BCUT2D eigenvalue weighted by atomic mass is 9.72. The molecule has 1 spiro atoms. The summed E-state index contributed by atoms with van der Waals surface area (Å²) in [4.78, 5) is 14.0. The Hall–Kier alpha value is -1.06. The number of amidine groups is 1. The Labute approximate surface area is 102 Å². The van der Waals surface area contributed by atoms with Crippen LogP contribution in [0.2, 0.25) is 0 Å². The molecule has 0 radical (unpaired) electrons. The maximum atomic E-state index is 12.0. The number of nitrogens with one attached hydrogen (secondary N) is 2. The lowest BCUT2D eigenvalue weighted by molar-refractivity contribution is 0.102. The fourth-order valence-corrected chi connectivity index (χ4v) is 3.51. The van der Waals surface area contributed by atoms with Gasteiger partial charge in [0, 0.05) is 6.54 Å². The first-order valence-electron chi connectivity index (χ1n) is 6.82. The van der Waals surface area contributed by atoms with Crippen molar-refractivity contribution < 1.29 is 4.79 Å². The Bertz CT molecular complexity index is 364. The van der Waals surface area contributed by atoms with Gasteiger partial charge in [-0.05, 0) is 37.5 Å². The van der Waals surface area contributed by atoms with E-state index in [-0.39, 0.29) is 11.6 Å². The van der Waals surface area contributed by atoms with E-state index in [2.05, 4.69) is 12.2 Å². The molecule has 3 aliphatic rings. The minimum Gasteiger partial charge on any atom is -0.311 e. The van der Waals surface area contributed by atoms with Crippen LogP contribution < -0.4 is 5.32 Å². The van der Waals surface area contributed by atoms with Crippen molar-refractivity contribution >= 4 is 11.9 Å².